The van der Waals surface area contributed by atoms with E-state index in [-0.39, 0.29) is 24.1 Å². The van der Waals surface area contributed by atoms with Gasteiger partial charge < -0.3 is 23.5 Å². The Balaban J connectivity index is 1.57. The molecule has 0 radical (unpaired) electrons. The Morgan fingerprint density at radius 3 is 2.52 bits per heavy atom. The van der Waals surface area contributed by atoms with Crippen molar-refractivity contribution in [2.45, 2.75) is 6.61 Å². The Kier molecular flexibility index (Phi) is 4.42. The SMILES string of the molecule is COCc1cc(C(=O)N2CCN(C(=O)c3ccco3)CC2)no1. The topological polar surface area (TPSA) is 89.0 Å². The lowest BCUT2D eigenvalue weighted by Gasteiger charge is -2.33. The van der Waals surface area contributed by atoms with E-state index in [0.717, 1.165) is 0 Å². The van der Waals surface area contributed by atoms with E-state index in [9.17, 15) is 9.59 Å². The lowest BCUT2D eigenvalue weighted by atomic mass is 10.2. The van der Waals surface area contributed by atoms with Crippen LogP contribution in [0, 0.1) is 0 Å². The summed E-state index contributed by atoms with van der Waals surface area (Å²) in [6, 6.07) is 4.88. The predicted octanol–water partition coefficient (Wildman–Crippen LogP) is 1.01. The van der Waals surface area contributed by atoms with Gasteiger partial charge >= 0.3 is 0 Å². The molecule has 0 spiro atoms. The second-order valence-corrected chi connectivity index (χ2v) is 5.17. The highest BCUT2D eigenvalue weighted by molar-refractivity contribution is 5.93. The van der Waals surface area contributed by atoms with Crippen molar-refractivity contribution in [2.24, 2.45) is 0 Å². The van der Waals surface area contributed by atoms with Crippen molar-refractivity contribution in [1.29, 1.82) is 0 Å². The number of ether oxygens (including phenoxy) is 1. The number of hydrogen-bond donors (Lipinski definition) is 0. The first-order valence-corrected chi connectivity index (χ1v) is 7.25. The molecule has 2 aromatic heterocycles. The molecule has 0 N–H and O–H groups in total. The molecule has 23 heavy (non-hydrogen) atoms. The fourth-order valence-corrected chi connectivity index (χ4v) is 2.45. The second kappa shape index (κ2) is 6.66. The summed E-state index contributed by atoms with van der Waals surface area (Å²) < 4.78 is 15.1. The fraction of sp³-hybridized carbons (Fsp3) is 0.400. The van der Waals surface area contributed by atoms with Crippen molar-refractivity contribution >= 4 is 11.8 Å². The minimum atomic E-state index is -0.207. The molecule has 3 heterocycles. The fourth-order valence-electron chi connectivity index (χ4n) is 2.45. The van der Waals surface area contributed by atoms with Crippen LogP contribution in [0.2, 0.25) is 0 Å². The molecule has 8 heteroatoms. The van der Waals surface area contributed by atoms with Crippen LogP contribution in [-0.4, -0.2) is 60.1 Å². The average Bonchev–Trinajstić information content (AvgIpc) is 3.26. The van der Waals surface area contributed by atoms with Gasteiger partial charge in [-0.3, -0.25) is 9.59 Å². The van der Waals surface area contributed by atoms with Gasteiger partial charge in [-0.15, -0.1) is 0 Å². The number of piperazine rings is 1. The van der Waals surface area contributed by atoms with Gasteiger partial charge in [-0.2, -0.15) is 0 Å². The Morgan fingerprint density at radius 2 is 1.91 bits per heavy atom. The van der Waals surface area contributed by atoms with Gasteiger partial charge in [0, 0.05) is 39.4 Å². The molecule has 122 valence electrons. The summed E-state index contributed by atoms with van der Waals surface area (Å²) in [7, 11) is 1.54. The van der Waals surface area contributed by atoms with E-state index in [0.29, 0.717) is 37.7 Å². The van der Waals surface area contributed by atoms with Crippen LogP contribution >= 0.6 is 0 Å². The molecule has 0 atom stereocenters. The van der Waals surface area contributed by atoms with Crippen molar-refractivity contribution in [1.82, 2.24) is 15.0 Å². The molecule has 3 rings (SSSR count). The number of aromatic nitrogens is 1. The highest BCUT2D eigenvalue weighted by Gasteiger charge is 2.27. The number of rotatable bonds is 4. The average molecular weight is 319 g/mol. The van der Waals surface area contributed by atoms with Crippen LogP contribution in [0.5, 0.6) is 0 Å². The van der Waals surface area contributed by atoms with E-state index < -0.39 is 0 Å². The van der Waals surface area contributed by atoms with E-state index in [1.807, 2.05) is 0 Å². The van der Waals surface area contributed by atoms with Gasteiger partial charge in [0.15, 0.2) is 17.2 Å². The van der Waals surface area contributed by atoms with E-state index in [4.69, 9.17) is 13.7 Å². The molecule has 0 saturated carbocycles. The second-order valence-electron chi connectivity index (χ2n) is 5.17. The van der Waals surface area contributed by atoms with Crippen LogP contribution in [0.15, 0.2) is 33.4 Å². The van der Waals surface area contributed by atoms with Gasteiger partial charge in [0.05, 0.1) is 6.26 Å². The molecule has 0 aliphatic carbocycles. The van der Waals surface area contributed by atoms with Crippen LogP contribution in [-0.2, 0) is 11.3 Å². The minimum Gasteiger partial charge on any atom is -0.459 e. The number of carbonyl (C=O) groups is 2. The zero-order valence-electron chi connectivity index (χ0n) is 12.7. The molecular weight excluding hydrogens is 302 g/mol. The van der Waals surface area contributed by atoms with Crippen LogP contribution in [0.4, 0.5) is 0 Å². The first-order valence-electron chi connectivity index (χ1n) is 7.25. The van der Waals surface area contributed by atoms with Crippen molar-refractivity contribution in [3.8, 4) is 0 Å². The lowest BCUT2D eigenvalue weighted by Crippen LogP contribution is -2.50. The minimum absolute atomic E-state index is 0.161. The van der Waals surface area contributed by atoms with E-state index in [2.05, 4.69) is 5.16 Å². The van der Waals surface area contributed by atoms with Gasteiger partial charge in [-0.05, 0) is 12.1 Å². The van der Waals surface area contributed by atoms with Crippen LogP contribution in [0.3, 0.4) is 0 Å². The largest absolute Gasteiger partial charge is 0.459 e. The predicted molar refractivity (Wildman–Crippen MR) is 77.7 cm³/mol. The molecular formula is C15H17N3O5. The van der Waals surface area contributed by atoms with Crippen molar-refractivity contribution < 1.29 is 23.3 Å². The third kappa shape index (κ3) is 3.26. The summed E-state index contributed by atoms with van der Waals surface area (Å²) in [6.45, 7) is 2.06. The smallest absolute Gasteiger partial charge is 0.289 e. The zero-order valence-corrected chi connectivity index (χ0v) is 12.7. The zero-order chi connectivity index (χ0) is 16.2. The van der Waals surface area contributed by atoms with Crippen LogP contribution < -0.4 is 0 Å². The monoisotopic (exact) mass is 319 g/mol. The van der Waals surface area contributed by atoms with Gasteiger partial charge in [0.2, 0.25) is 0 Å². The molecule has 0 bridgehead atoms. The lowest BCUT2D eigenvalue weighted by molar-refractivity contribution is 0.0513. The molecule has 2 amide bonds. The molecule has 1 saturated heterocycles. The number of carbonyl (C=O) groups excluding carboxylic acids is 2. The molecule has 2 aromatic rings. The number of hydrogen-bond acceptors (Lipinski definition) is 6. The summed E-state index contributed by atoms with van der Waals surface area (Å²) in [6.07, 6.45) is 1.47. The molecule has 0 unspecified atom stereocenters. The Bertz CT molecular complexity index is 671. The maximum absolute atomic E-state index is 12.4. The van der Waals surface area contributed by atoms with Gasteiger partial charge in [-0.25, -0.2) is 0 Å². The molecule has 1 aliphatic heterocycles. The summed E-state index contributed by atoms with van der Waals surface area (Å²) in [4.78, 5) is 27.9. The van der Waals surface area contributed by atoms with Crippen molar-refractivity contribution in [3.63, 3.8) is 0 Å². The first kappa shape index (κ1) is 15.3. The summed E-state index contributed by atoms with van der Waals surface area (Å²) >= 11 is 0. The van der Waals surface area contributed by atoms with E-state index in [1.54, 1.807) is 35.1 Å². The maximum atomic E-state index is 12.4. The number of methoxy groups -OCH3 is 1. The van der Waals surface area contributed by atoms with Gasteiger partial charge in [0.25, 0.3) is 11.8 Å². The highest BCUT2D eigenvalue weighted by Crippen LogP contribution is 2.13. The van der Waals surface area contributed by atoms with Crippen molar-refractivity contribution in [2.75, 3.05) is 33.3 Å². The Labute approximate surface area is 132 Å². The Hall–Kier alpha value is -2.61. The summed E-state index contributed by atoms with van der Waals surface area (Å²) in [5, 5.41) is 3.76. The maximum Gasteiger partial charge on any atom is 0.289 e. The molecule has 1 aliphatic rings. The van der Waals surface area contributed by atoms with Crippen molar-refractivity contribution in [3.05, 3.63) is 41.7 Å². The van der Waals surface area contributed by atoms with Crippen LogP contribution in [0.25, 0.3) is 0 Å². The van der Waals surface area contributed by atoms with Gasteiger partial charge in [-0.1, -0.05) is 5.16 Å². The molecule has 1 fully saturated rings. The highest BCUT2D eigenvalue weighted by atomic mass is 16.5. The van der Waals surface area contributed by atoms with Gasteiger partial charge in [0.1, 0.15) is 6.61 Å². The molecule has 8 nitrogen and oxygen atoms in total. The quantitative estimate of drug-likeness (QED) is 0.835. The first-order chi connectivity index (χ1) is 11.2. The number of furan rings is 1. The standard InChI is InChI=1S/C15H17N3O5/c1-21-10-11-9-12(16-23-11)14(19)17-4-6-18(7-5-17)15(20)13-3-2-8-22-13/h2-3,8-9H,4-7,10H2,1H3. The Morgan fingerprint density at radius 1 is 1.22 bits per heavy atom. The van der Waals surface area contributed by atoms with E-state index >= 15 is 0 Å². The van der Waals surface area contributed by atoms with Crippen LogP contribution in [0.1, 0.15) is 26.8 Å². The number of nitrogens with zero attached hydrogens (tertiary/aromatic N) is 3. The summed E-state index contributed by atoms with van der Waals surface area (Å²) in [5.74, 6) is 0.445. The number of amides is 2. The normalized spacial score (nSPS) is 15.0. The van der Waals surface area contributed by atoms with E-state index in [1.165, 1.54) is 6.26 Å². The summed E-state index contributed by atoms with van der Waals surface area (Å²) in [5.41, 5.74) is 0.253. The molecule has 0 aromatic carbocycles. The third-order valence-electron chi connectivity index (χ3n) is 3.65. The third-order valence-corrected chi connectivity index (χ3v) is 3.65.